The summed E-state index contributed by atoms with van der Waals surface area (Å²) in [6.45, 7) is 0.192. The molecule has 3 aromatic heterocycles. The van der Waals surface area contributed by atoms with E-state index >= 15 is 0 Å². The van der Waals surface area contributed by atoms with E-state index in [1.54, 1.807) is 26.5 Å². The Morgan fingerprint density at radius 2 is 1.59 bits per heavy atom. The van der Waals surface area contributed by atoms with Crippen LogP contribution in [0.1, 0.15) is 5.56 Å². The van der Waals surface area contributed by atoms with E-state index < -0.39 is 24.5 Å². The monoisotopic (exact) mass is 653 g/mol. The Kier molecular flexibility index (Phi) is 9.53. The molecule has 3 heterocycles. The number of alkyl halides is 6. The van der Waals surface area contributed by atoms with Gasteiger partial charge < -0.3 is 39.5 Å². The highest BCUT2D eigenvalue weighted by Crippen LogP contribution is 2.38. The number of hydrogen-bond donors (Lipinski definition) is 4. The molecule has 244 valence electrons. The summed E-state index contributed by atoms with van der Waals surface area (Å²) in [5, 5.41) is 14.3. The molecule has 4 N–H and O–H groups in total. The third-order valence-corrected chi connectivity index (χ3v) is 6.43. The van der Waals surface area contributed by atoms with Crippen LogP contribution >= 0.6 is 0 Å². The molecule has 5 aromatic rings. The van der Waals surface area contributed by atoms with Gasteiger partial charge in [0.2, 0.25) is 0 Å². The molecule has 0 fully saturated rings. The summed E-state index contributed by atoms with van der Waals surface area (Å²) in [5.74, 6) is -1.88. The number of urea groups is 1. The number of halogens is 6. The van der Waals surface area contributed by atoms with Gasteiger partial charge in [0.05, 0.1) is 19.7 Å². The quantitative estimate of drug-likeness (QED) is 0.145. The number of fused-ring (bicyclic) bond motifs is 2. The second kappa shape index (κ2) is 13.2. The van der Waals surface area contributed by atoms with Crippen LogP contribution in [0.2, 0.25) is 0 Å². The minimum absolute atomic E-state index is 0.192. The van der Waals surface area contributed by atoms with Gasteiger partial charge >= 0.3 is 24.5 Å². The Morgan fingerprint density at radius 1 is 0.957 bits per heavy atom. The highest BCUT2D eigenvalue weighted by atomic mass is 19.4. The molecule has 0 bridgehead atoms. The second-order valence-corrected chi connectivity index (χ2v) is 9.48. The number of aryl methyl sites for hydroxylation is 1. The van der Waals surface area contributed by atoms with Crippen LogP contribution in [0.15, 0.2) is 60.9 Å². The molecular weight excluding hydrogens is 628 g/mol. The van der Waals surface area contributed by atoms with Crippen molar-refractivity contribution in [3.63, 3.8) is 0 Å². The minimum atomic E-state index is -5.08. The molecule has 0 atom stereocenters. The maximum Gasteiger partial charge on any atom is 0.573 e. The number of carbonyl (C=O) groups excluding carboxylic acids is 1. The van der Waals surface area contributed by atoms with Gasteiger partial charge in [-0.1, -0.05) is 0 Å². The van der Waals surface area contributed by atoms with Gasteiger partial charge in [0.15, 0.2) is 11.5 Å². The van der Waals surface area contributed by atoms with Gasteiger partial charge in [0, 0.05) is 59.8 Å². The maximum absolute atomic E-state index is 12.4. The van der Waals surface area contributed by atoms with Gasteiger partial charge in [-0.25, -0.2) is 14.6 Å². The van der Waals surface area contributed by atoms with Crippen LogP contribution < -0.4 is 24.8 Å². The Labute approximate surface area is 255 Å². The number of nitrogens with zero attached hydrogens (tertiary/aromatic N) is 2. The number of ether oxygens (including phenoxy) is 3. The van der Waals surface area contributed by atoms with E-state index in [2.05, 4.69) is 25.3 Å². The number of H-pyrrole nitrogens is 1. The molecule has 2 amide bonds. The van der Waals surface area contributed by atoms with E-state index in [0.717, 1.165) is 45.2 Å². The van der Waals surface area contributed by atoms with Gasteiger partial charge in [0.1, 0.15) is 11.4 Å². The van der Waals surface area contributed by atoms with Crippen molar-refractivity contribution >= 4 is 39.6 Å². The van der Waals surface area contributed by atoms with Crippen molar-refractivity contribution in [1.82, 2.24) is 19.9 Å². The number of benzene rings is 2. The molecule has 0 saturated carbocycles. The third-order valence-electron chi connectivity index (χ3n) is 6.43. The summed E-state index contributed by atoms with van der Waals surface area (Å²) in [7, 11) is 5.13. The molecule has 46 heavy (non-hydrogen) atoms. The number of pyridine rings is 1. The Balaban J connectivity index is 0.000000617. The van der Waals surface area contributed by atoms with Gasteiger partial charge in [-0.15, -0.1) is 13.2 Å². The maximum atomic E-state index is 12.4. The number of nitrogens with one attached hydrogen (secondary N) is 3. The lowest BCUT2D eigenvalue weighted by Gasteiger charge is -2.11. The fraction of sp³-hybridized carbons (Fsp3) is 0.207. The number of amides is 2. The van der Waals surface area contributed by atoms with E-state index in [-0.39, 0.29) is 12.3 Å². The van der Waals surface area contributed by atoms with Crippen molar-refractivity contribution in [2.24, 2.45) is 7.05 Å². The summed E-state index contributed by atoms with van der Waals surface area (Å²) in [4.78, 5) is 29.1. The normalized spacial score (nSPS) is 11.5. The van der Waals surface area contributed by atoms with Crippen LogP contribution in [0.5, 0.6) is 17.2 Å². The van der Waals surface area contributed by atoms with Crippen molar-refractivity contribution in [2.45, 2.75) is 19.1 Å². The predicted molar refractivity (Wildman–Crippen MR) is 154 cm³/mol. The summed E-state index contributed by atoms with van der Waals surface area (Å²) < 4.78 is 85.5. The summed E-state index contributed by atoms with van der Waals surface area (Å²) in [5.41, 5.74) is 4.54. The van der Waals surface area contributed by atoms with Crippen LogP contribution in [0.3, 0.4) is 0 Å². The van der Waals surface area contributed by atoms with Crippen molar-refractivity contribution in [3.8, 4) is 28.5 Å². The second-order valence-electron chi connectivity index (χ2n) is 9.48. The first kappa shape index (κ1) is 33.3. The molecule has 0 aliphatic carbocycles. The van der Waals surface area contributed by atoms with E-state index in [9.17, 15) is 31.1 Å². The number of aliphatic carboxylic acids is 1. The Hall–Kier alpha value is -5.61. The molecule has 2 aromatic carbocycles. The van der Waals surface area contributed by atoms with Crippen LogP contribution in [0.4, 0.5) is 36.8 Å². The molecule has 0 aliphatic rings. The Bertz CT molecular complexity index is 1870. The number of hydrogen-bond acceptors (Lipinski definition) is 6. The van der Waals surface area contributed by atoms with Crippen LogP contribution in [0, 0.1) is 0 Å². The van der Waals surface area contributed by atoms with Gasteiger partial charge in [-0.05, 0) is 48.0 Å². The lowest BCUT2D eigenvalue weighted by atomic mass is 10.1. The SMILES string of the molecule is COc1cc2c(-c3cc4c(CNC(=O)Nc5ccc(OC(F)(F)F)cc5)ccnc4[nH]3)cn(C)c2cc1OC.O=C(O)C(F)(F)F. The van der Waals surface area contributed by atoms with Gasteiger partial charge in [-0.3, -0.25) is 0 Å². The molecule has 0 unspecified atom stereocenters. The minimum Gasteiger partial charge on any atom is -0.493 e. The van der Waals surface area contributed by atoms with Crippen LogP contribution in [-0.4, -0.2) is 58.4 Å². The molecule has 0 radical (unpaired) electrons. The zero-order chi connectivity index (χ0) is 33.8. The van der Waals surface area contributed by atoms with E-state index in [0.29, 0.717) is 22.8 Å². The summed E-state index contributed by atoms with van der Waals surface area (Å²) >= 11 is 0. The average molecular weight is 654 g/mol. The van der Waals surface area contributed by atoms with E-state index in [1.165, 1.54) is 12.1 Å². The fourth-order valence-corrected chi connectivity index (χ4v) is 4.39. The van der Waals surface area contributed by atoms with E-state index in [4.69, 9.17) is 19.4 Å². The van der Waals surface area contributed by atoms with Crippen molar-refractivity contribution in [1.29, 1.82) is 0 Å². The molecule has 17 heteroatoms. The topological polar surface area (TPSA) is 140 Å². The first-order valence-electron chi connectivity index (χ1n) is 13.0. The van der Waals surface area contributed by atoms with Crippen LogP contribution in [-0.2, 0) is 18.4 Å². The van der Waals surface area contributed by atoms with Crippen molar-refractivity contribution in [3.05, 3.63) is 66.5 Å². The zero-order valence-electron chi connectivity index (χ0n) is 24.1. The number of carboxylic acid groups (broad SMARTS) is 1. The number of anilines is 1. The first-order chi connectivity index (χ1) is 21.6. The Morgan fingerprint density at radius 3 is 2.17 bits per heavy atom. The third kappa shape index (κ3) is 7.91. The number of carbonyl (C=O) groups is 2. The average Bonchev–Trinajstić information content (AvgIpc) is 3.56. The molecule has 0 saturated heterocycles. The highest BCUT2D eigenvalue weighted by molar-refractivity contribution is 6.00. The first-order valence-corrected chi connectivity index (χ1v) is 13.0. The number of aromatic nitrogens is 3. The fourth-order valence-electron chi connectivity index (χ4n) is 4.39. The summed E-state index contributed by atoms with van der Waals surface area (Å²) in [6, 6.07) is 12.0. The zero-order valence-corrected chi connectivity index (χ0v) is 24.1. The smallest absolute Gasteiger partial charge is 0.493 e. The largest absolute Gasteiger partial charge is 0.573 e. The lowest BCUT2D eigenvalue weighted by Crippen LogP contribution is -2.28. The number of rotatable bonds is 7. The summed E-state index contributed by atoms with van der Waals surface area (Å²) in [6.07, 6.45) is -6.22. The molecule has 0 spiro atoms. The van der Waals surface area contributed by atoms with Crippen molar-refractivity contribution < 1.29 is 55.2 Å². The standard InChI is InChI=1S/C27H24F3N5O4.C2HF3O2/c1-35-14-20(19-11-23(37-2)24(38-3)12-22(19)35)21-10-18-15(8-9-31-25(18)34-21)13-32-26(36)33-16-4-6-17(7-5-16)39-27(28,29)30;3-2(4,5)1(6)7/h4-12,14H,13H2,1-3H3,(H,31,34)(H2,32,33,36);(H,6,7). The van der Waals surface area contributed by atoms with E-state index in [1.807, 2.05) is 36.0 Å². The number of carboxylic acids is 1. The van der Waals surface area contributed by atoms with Crippen molar-refractivity contribution in [2.75, 3.05) is 19.5 Å². The molecule has 0 aliphatic heterocycles. The van der Waals surface area contributed by atoms with Gasteiger partial charge in [-0.2, -0.15) is 13.2 Å². The molecule has 5 rings (SSSR count). The molecular formula is C29H25F6N5O6. The number of aromatic amines is 1. The predicted octanol–water partition coefficient (Wildman–Crippen LogP) is 6.59. The molecule has 11 nitrogen and oxygen atoms in total. The highest BCUT2D eigenvalue weighted by Gasteiger charge is 2.38. The van der Waals surface area contributed by atoms with Gasteiger partial charge in [0.25, 0.3) is 0 Å². The van der Waals surface area contributed by atoms with Crippen LogP contribution in [0.25, 0.3) is 33.2 Å². The lowest BCUT2D eigenvalue weighted by molar-refractivity contribution is -0.274. The number of methoxy groups -OCH3 is 2.